The Balaban J connectivity index is 1.63. The number of amides is 1. The maximum atomic E-state index is 14.4. The van der Waals surface area contributed by atoms with Gasteiger partial charge in [0.1, 0.15) is 5.82 Å². The number of carbonyl (C=O) groups is 1. The van der Waals surface area contributed by atoms with Crippen molar-refractivity contribution in [2.75, 3.05) is 19.7 Å². The summed E-state index contributed by atoms with van der Waals surface area (Å²) in [5.74, 6) is -0.544. The van der Waals surface area contributed by atoms with E-state index in [2.05, 4.69) is 10.2 Å². The quantitative estimate of drug-likeness (QED) is 0.744. The average molecular weight is 426 g/mol. The summed E-state index contributed by atoms with van der Waals surface area (Å²) >= 11 is 0. The molecule has 2 N–H and O–H groups in total. The van der Waals surface area contributed by atoms with Crippen molar-refractivity contribution in [3.05, 3.63) is 58.3 Å². The monoisotopic (exact) mass is 425 g/mol. The summed E-state index contributed by atoms with van der Waals surface area (Å²) in [6, 6.07) is 9.49. The number of rotatable bonds is 6. The van der Waals surface area contributed by atoms with Gasteiger partial charge < -0.3 is 15.0 Å². The summed E-state index contributed by atoms with van der Waals surface area (Å²) in [5, 5.41) is 13.2. The second-order valence-electron chi connectivity index (χ2n) is 8.99. The number of fused-ring (bicyclic) bond motifs is 4. The molecule has 2 aliphatic heterocycles. The van der Waals surface area contributed by atoms with E-state index < -0.39 is 11.7 Å². The molecule has 6 nitrogen and oxygen atoms in total. The topological polar surface area (TPSA) is 74.6 Å². The molecular formula is C24H28FN3O3. The highest BCUT2D eigenvalue weighted by molar-refractivity contribution is 5.80. The number of aliphatic hydroxyl groups is 1. The number of halogens is 1. The van der Waals surface area contributed by atoms with Crippen molar-refractivity contribution in [2.24, 2.45) is 17.8 Å². The van der Waals surface area contributed by atoms with Gasteiger partial charge in [0.25, 0.3) is 5.56 Å². The van der Waals surface area contributed by atoms with Crippen molar-refractivity contribution in [3.8, 4) is 11.1 Å². The second-order valence-corrected chi connectivity index (χ2v) is 8.99. The van der Waals surface area contributed by atoms with Crippen LogP contribution in [0.3, 0.4) is 0 Å². The van der Waals surface area contributed by atoms with Gasteiger partial charge in [0, 0.05) is 49.5 Å². The molecule has 164 valence electrons. The highest BCUT2D eigenvalue weighted by atomic mass is 19.1. The number of hydrogen-bond acceptors (Lipinski definition) is 4. The minimum Gasteiger partial charge on any atom is -0.396 e. The molecule has 1 saturated heterocycles. The summed E-state index contributed by atoms with van der Waals surface area (Å²) in [4.78, 5) is 28.8. The Kier molecular flexibility index (Phi) is 5.18. The van der Waals surface area contributed by atoms with Crippen molar-refractivity contribution >= 4 is 5.91 Å². The predicted octanol–water partition coefficient (Wildman–Crippen LogP) is 2.16. The highest BCUT2D eigenvalue weighted by Crippen LogP contribution is 2.50. The molecule has 3 heterocycles. The van der Waals surface area contributed by atoms with Crippen molar-refractivity contribution < 1.29 is 14.3 Å². The minimum atomic E-state index is -0.428. The fourth-order valence-electron chi connectivity index (χ4n) is 5.55. The number of aromatic nitrogens is 1. The lowest BCUT2D eigenvalue weighted by Crippen LogP contribution is -2.47. The van der Waals surface area contributed by atoms with Crippen LogP contribution in [0.2, 0.25) is 0 Å². The fraction of sp³-hybridized carbons (Fsp3) is 0.500. The van der Waals surface area contributed by atoms with Gasteiger partial charge in [0.2, 0.25) is 5.91 Å². The largest absolute Gasteiger partial charge is 0.396 e. The Bertz CT molecular complexity index is 1060. The first-order valence-electron chi connectivity index (χ1n) is 11.2. The van der Waals surface area contributed by atoms with Crippen LogP contribution >= 0.6 is 0 Å². The number of nitrogens with zero attached hydrogens (tertiary/aromatic N) is 2. The molecule has 0 spiro atoms. The summed E-state index contributed by atoms with van der Waals surface area (Å²) in [6.07, 6.45) is 2.37. The molecule has 2 aromatic rings. The Morgan fingerprint density at radius 1 is 1.19 bits per heavy atom. The number of nitrogens with one attached hydrogen (secondary N) is 1. The molecule has 4 atom stereocenters. The smallest absolute Gasteiger partial charge is 0.258 e. The third kappa shape index (κ3) is 3.31. The first-order valence-corrected chi connectivity index (χ1v) is 11.2. The minimum absolute atomic E-state index is 0.0751. The van der Waals surface area contributed by atoms with E-state index in [9.17, 15) is 19.1 Å². The van der Waals surface area contributed by atoms with Crippen LogP contribution < -0.4 is 10.9 Å². The lowest BCUT2D eigenvalue weighted by molar-refractivity contribution is -0.127. The van der Waals surface area contributed by atoms with Crippen LogP contribution in [0.15, 0.2) is 41.2 Å². The Morgan fingerprint density at radius 3 is 2.65 bits per heavy atom. The zero-order chi connectivity index (χ0) is 21.7. The number of aliphatic hydroxyl groups excluding tert-OH is 1. The molecule has 7 heteroatoms. The Morgan fingerprint density at radius 2 is 1.97 bits per heavy atom. The second kappa shape index (κ2) is 7.88. The summed E-state index contributed by atoms with van der Waals surface area (Å²) in [6.45, 7) is 3.58. The standard InChI is InChI=1S/C24H28FN3O3/c1-2-26-23(30)21-17(13-29)20-12-28-19(22(21)27(20)11-14-7-8-14)10-9-16(24(28)31)15-5-3-4-6-18(15)25/h3-6,9-10,14,17,20-22,29H,2,7-8,11-13H2,1H3,(H,26,30)/t17-,20-,21+,22+/m0/s1. The van der Waals surface area contributed by atoms with E-state index in [0.717, 1.165) is 12.2 Å². The van der Waals surface area contributed by atoms with Gasteiger partial charge in [-0.1, -0.05) is 18.2 Å². The van der Waals surface area contributed by atoms with Gasteiger partial charge in [-0.15, -0.1) is 0 Å². The fourth-order valence-corrected chi connectivity index (χ4v) is 5.55. The van der Waals surface area contributed by atoms with E-state index in [1.165, 1.54) is 18.9 Å². The van der Waals surface area contributed by atoms with E-state index in [-0.39, 0.29) is 41.6 Å². The third-order valence-electron chi connectivity index (χ3n) is 7.15. The SMILES string of the molecule is CCNC(=O)[C@@H]1[C@@H](CO)[C@@H]2Cn3c(ccc(-c4ccccc4F)c3=O)[C@H]1N2CC1CC1. The highest BCUT2D eigenvalue weighted by Gasteiger charge is 2.56. The maximum absolute atomic E-state index is 14.4. The number of pyridine rings is 1. The van der Waals surface area contributed by atoms with Crippen molar-refractivity contribution in [3.63, 3.8) is 0 Å². The molecule has 2 bridgehead atoms. The van der Waals surface area contributed by atoms with Crippen LogP contribution in [0.25, 0.3) is 11.1 Å². The van der Waals surface area contributed by atoms with Gasteiger partial charge in [-0.2, -0.15) is 0 Å². The van der Waals surface area contributed by atoms with E-state index >= 15 is 0 Å². The molecule has 0 radical (unpaired) electrons. The van der Waals surface area contributed by atoms with Crippen LogP contribution in [0, 0.1) is 23.6 Å². The van der Waals surface area contributed by atoms with Crippen LogP contribution in [-0.4, -0.2) is 46.2 Å². The average Bonchev–Trinajstić information content (AvgIpc) is 3.54. The molecule has 0 unspecified atom stereocenters. The molecule has 1 amide bonds. The molecule has 1 aromatic heterocycles. The maximum Gasteiger partial charge on any atom is 0.258 e. The van der Waals surface area contributed by atoms with Crippen LogP contribution in [0.5, 0.6) is 0 Å². The van der Waals surface area contributed by atoms with E-state index in [1.807, 2.05) is 13.0 Å². The zero-order valence-electron chi connectivity index (χ0n) is 17.6. The van der Waals surface area contributed by atoms with Gasteiger partial charge in [-0.05, 0) is 43.9 Å². The normalized spacial score (nSPS) is 27.2. The molecule has 5 rings (SSSR count). The van der Waals surface area contributed by atoms with Gasteiger partial charge in [0.05, 0.1) is 17.5 Å². The molecule has 1 saturated carbocycles. The van der Waals surface area contributed by atoms with E-state index in [1.54, 1.807) is 28.8 Å². The lowest BCUT2D eigenvalue weighted by atomic mass is 9.86. The third-order valence-corrected chi connectivity index (χ3v) is 7.15. The van der Waals surface area contributed by atoms with Crippen molar-refractivity contribution in [2.45, 2.75) is 38.4 Å². The molecule has 2 fully saturated rings. The number of hydrogen-bond donors (Lipinski definition) is 2. The lowest BCUT2D eigenvalue weighted by Gasteiger charge is -2.38. The van der Waals surface area contributed by atoms with Gasteiger partial charge in [0.15, 0.2) is 0 Å². The van der Waals surface area contributed by atoms with Gasteiger partial charge in [-0.3, -0.25) is 14.5 Å². The first kappa shape index (κ1) is 20.4. The molecule has 1 aromatic carbocycles. The Hall–Kier alpha value is -2.51. The number of benzene rings is 1. The van der Waals surface area contributed by atoms with Gasteiger partial charge in [-0.25, -0.2) is 4.39 Å². The molecule has 3 aliphatic rings. The van der Waals surface area contributed by atoms with E-state index in [4.69, 9.17) is 0 Å². The van der Waals surface area contributed by atoms with Crippen molar-refractivity contribution in [1.82, 2.24) is 14.8 Å². The molecular weight excluding hydrogens is 397 g/mol. The molecule has 31 heavy (non-hydrogen) atoms. The predicted molar refractivity (Wildman–Crippen MR) is 115 cm³/mol. The molecule has 1 aliphatic carbocycles. The van der Waals surface area contributed by atoms with Gasteiger partial charge >= 0.3 is 0 Å². The zero-order valence-corrected chi connectivity index (χ0v) is 17.6. The number of carbonyl (C=O) groups excluding carboxylic acids is 1. The van der Waals surface area contributed by atoms with Crippen LogP contribution in [0.4, 0.5) is 4.39 Å². The van der Waals surface area contributed by atoms with Crippen molar-refractivity contribution in [1.29, 1.82) is 0 Å². The Labute approximate surface area is 180 Å². The first-order chi connectivity index (χ1) is 15.0. The summed E-state index contributed by atoms with van der Waals surface area (Å²) in [7, 11) is 0. The van der Waals surface area contributed by atoms with Crippen LogP contribution in [0.1, 0.15) is 31.5 Å². The van der Waals surface area contributed by atoms with E-state index in [0.29, 0.717) is 24.6 Å². The van der Waals surface area contributed by atoms with Crippen LogP contribution in [-0.2, 0) is 11.3 Å². The summed E-state index contributed by atoms with van der Waals surface area (Å²) in [5.41, 5.74) is 1.16. The summed E-state index contributed by atoms with van der Waals surface area (Å²) < 4.78 is 16.1.